The number of aromatic amines is 1. The number of ether oxygens (including phenoxy) is 1. The lowest BCUT2D eigenvalue weighted by atomic mass is 10.2. The van der Waals surface area contributed by atoms with Crippen molar-refractivity contribution in [3.63, 3.8) is 0 Å². The zero-order valence-corrected chi connectivity index (χ0v) is 9.81. The van der Waals surface area contributed by atoms with Crippen molar-refractivity contribution in [2.45, 2.75) is 6.61 Å². The van der Waals surface area contributed by atoms with Gasteiger partial charge in [0, 0.05) is 5.56 Å². The maximum absolute atomic E-state index is 12.0. The van der Waals surface area contributed by atoms with Gasteiger partial charge >= 0.3 is 6.61 Å². The van der Waals surface area contributed by atoms with Crippen LogP contribution in [0, 0.1) is 0 Å². The highest BCUT2D eigenvalue weighted by molar-refractivity contribution is 5.79. The standard InChI is InChI=1S/C14H10F2N2O/c15-14(16)19-10-7-5-9(6-8-10)13-17-11-3-1-2-4-12(11)18-13/h1-8,14H,(H,17,18). The smallest absolute Gasteiger partial charge is 0.387 e. The predicted octanol–water partition coefficient (Wildman–Crippen LogP) is 3.83. The largest absolute Gasteiger partial charge is 0.435 e. The number of hydrogen-bond donors (Lipinski definition) is 1. The Kier molecular flexibility index (Phi) is 2.87. The van der Waals surface area contributed by atoms with Gasteiger partial charge in [0.25, 0.3) is 0 Å². The highest BCUT2D eigenvalue weighted by atomic mass is 19.3. The van der Waals surface area contributed by atoms with Gasteiger partial charge in [-0.3, -0.25) is 0 Å². The van der Waals surface area contributed by atoms with Crippen LogP contribution in [0.25, 0.3) is 22.4 Å². The van der Waals surface area contributed by atoms with Crippen molar-refractivity contribution in [3.05, 3.63) is 48.5 Å². The van der Waals surface area contributed by atoms with Gasteiger partial charge in [-0.15, -0.1) is 0 Å². The van der Waals surface area contributed by atoms with Gasteiger partial charge in [-0.05, 0) is 36.4 Å². The van der Waals surface area contributed by atoms with Crippen molar-refractivity contribution < 1.29 is 13.5 Å². The van der Waals surface area contributed by atoms with E-state index in [2.05, 4.69) is 14.7 Å². The summed E-state index contributed by atoms with van der Waals surface area (Å²) in [6.07, 6.45) is 0. The molecule has 19 heavy (non-hydrogen) atoms. The Balaban J connectivity index is 1.93. The third kappa shape index (κ3) is 2.40. The monoisotopic (exact) mass is 260 g/mol. The van der Waals surface area contributed by atoms with Gasteiger partial charge in [0.15, 0.2) is 0 Å². The second kappa shape index (κ2) is 4.68. The van der Waals surface area contributed by atoms with E-state index in [4.69, 9.17) is 0 Å². The van der Waals surface area contributed by atoms with Crippen molar-refractivity contribution in [2.24, 2.45) is 0 Å². The minimum Gasteiger partial charge on any atom is -0.435 e. The van der Waals surface area contributed by atoms with Gasteiger partial charge in [0.05, 0.1) is 11.0 Å². The Bertz CT molecular complexity index is 659. The second-order valence-corrected chi connectivity index (χ2v) is 4.01. The van der Waals surface area contributed by atoms with Gasteiger partial charge in [0.2, 0.25) is 0 Å². The molecule has 3 rings (SSSR count). The molecule has 0 unspecified atom stereocenters. The highest BCUT2D eigenvalue weighted by Crippen LogP contribution is 2.23. The number of hydrogen-bond acceptors (Lipinski definition) is 2. The van der Waals surface area contributed by atoms with Gasteiger partial charge in [-0.25, -0.2) is 4.98 Å². The van der Waals surface area contributed by atoms with Crippen LogP contribution in [-0.2, 0) is 0 Å². The molecular weight excluding hydrogens is 250 g/mol. The molecule has 1 N–H and O–H groups in total. The fraction of sp³-hybridized carbons (Fsp3) is 0.0714. The summed E-state index contributed by atoms with van der Waals surface area (Å²) >= 11 is 0. The van der Waals surface area contributed by atoms with Crippen molar-refractivity contribution in [2.75, 3.05) is 0 Å². The second-order valence-electron chi connectivity index (χ2n) is 4.01. The van der Waals surface area contributed by atoms with Crippen LogP contribution in [0.1, 0.15) is 0 Å². The molecular formula is C14H10F2N2O. The van der Waals surface area contributed by atoms with Crippen LogP contribution in [-0.4, -0.2) is 16.6 Å². The number of para-hydroxylation sites is 2. The van der Waals surface area contributed by atoms with E-state index in [0.29, 0.717) is 5.82 Å². The average molecular weight is 260 g/mol. The first-order valence-electron chi connectivity index (χ1n) is 5.72. The van der Waals surface area contributed by atoms with Crippen molar-refractivity contribution in [1.29, 1.82) is 0 Å². The number of alkyl halides is 2. The minimum atomic E-state index is -2.81. The number of benzene rings is 2. The Morgan fingerprint density at radius 1 is 1.00 bits per heavy atom. The molecule has 0 amide bonds. The van der Waals surface area contributed by atoms with Crippen LogP contribution < -0.4 is 4.74 Å². The third-order valence-corrected chi connectivity index (χ3v) is 2.74. The van der Waals surface area contributed by atoms with Crippen LogP contribution in [0.15, 0.2) is 48.5 Å². The van der Waals surface area contributed by atoms with E-state index >= 15 is 0 Å². The molecule has 0 spiro atoms. The van der Waals surface area contributed by atoms with Crippen LogP contribution >= 0.6 is 0 Å². The molecule has 0 fully saturated rings. The quantitative estimate of drug-likeness (QED) is 0.777. The Labute approximate surface area is 107 Å². The molecule has 3 aromatic rings. The van der Waals surface area contributed by atoms with E-state index in [0.717, 1.165) is 16.6 Å². The number of nitrogens with zero attached hydrogens (tertiary/aromatic N) is 1. The Morgan fingerprint density at radius 3 is 2.42 bits per heavy atom. The first kappa shape index (κ1) is 11.6. The summed E-state index contributed by atoms with van der Waals surface area (Å²) in [7, 11) is 0. The van der Waals surface area contributed by atoms with Crippen LogP contribution in [0.2, 0.25) is 0 Å². The summed E-state index contributed by atoms with van der Waals surface area (Å²) in [5.74, 6) is 0.833. The van der Waals surface area contributed by atoms with E-state index in [1.807, 2.05) is 24.3 Å². The number of aromatic nitrogens is 2. The molecule has 3 nitrogen and oxygen atoms in total. The van der Waals surface area contributed by atoms with E-state index in [-0.39, 0.29) is 5.75 Å². The summed E-state index contributed by atoms with van der Waals surface area (Å²) in [5, 5.41) is 0. The maximum atomic E-state index is 12.0. The maximum Gasteiger partial charge on any atom is 0.387 e. The fourth-order valence-corrected chi connectivity index (χ4v) is 1.88. The molecule has 0 saturated carbocycles. The lowest BCUT2D eigenvalue weighted by molar-refractivity contribution is -0.0498. The fourth-order valence-electron chi connectivity index (χ4n) is 1.88. The summed E-state index contributed by atoms with van der Waals surface area (Å²) in [6.45, 7) is -2.81. The number of fused-ring (bicyclic) bond motifs is 1. The molecule has 2 aromatic carbocycles. The van der Waals surface area contributed by atoms with Crippen molar-refractivity contribution >= 4 is 11.0 Å². The third-order valence-electron chi connectivity index (χ3n) is 2.74. The molecule has 0 atom stereocenters. The molecule has 0 bridgehead atoms. The lowest BCUT2D eigenvalue weighted by Crippen LogP contribution is -2.01. The van der Waals surface area contributed by atoms with Gasteiger partial charge < -0.3 is 9.72 Å². The minimum absolute atomic E-state index is 0.134. The number of nitrogens with one attached hydrogen (secondary N) is 1. The Morgan fingerprint density at radius 2 is 1.74 bits per heavy atom. The van der Waals surface area contributed by atoms with Crippen LogP contribution in [0.4, 0.5) is 8.78 Å². The average Bonchev–Trinajstić information content (AvgIpc) is 2.82. The normalized spacial score (nSPS) is 11.1. The van der Waals surface area contributed by atoms with E-state index < -0.39 is 6.61 Å². The molecule has 1 heterocycles. The molecule has 0 saturated heterocycles. The summed E-state index contributed by atoms with van der Waals surface area (Å²) in [6, 6.07) is 14.0. The van der Waals surface area contributed by atoms with Gasteiger partial charge in [-0.1, -0.05) is 12.1 Å². The molecule has 0 aliphatic carbocycles. The number of rotatable bonds is 3. The predicted molar refractivity (Wildman–Crippen MR) is 68.2 cm³/mol. The molecule has 0 aliphatic rings. The SMILES string of the molecule is FC(F)Oc1ccc(-c2nc3ccccc3[nH]2)cc1. The number of H-pyrrole nitrogens is 1. The van der Waals surface area contributed by atoms with E-state index in [1.165, 1.54) is 12.1 Å². The van der Waals surface area contributed by atoms with Crippen molar-refractivity contribution in [3.8, 4) is 17.1 Å². The van der Waals surface area contributed by atoms with E-state index in [1.54, 1.807) is 12.1 Å². The first-order valence-corrected chi connectivity index (χ1v) is 5.72. The van der Waals surface area contributed by atoms with E-state index in [9.17, 15) is 8.78 Å². The lowest BCUT2D eigenvalue weighted by Gasteiger charge is -2.04. The summed E-state index contributed by atoms with van der Waals surface area (Å²) in [5.41, 5.74) is 2.62. The van der Waals surface area contributed by atoms with Crippen LogP contribution in [0.3, 0.4) is 0 Å². The molecule has 0 radical (unpaired) electrons. The summed E-state index contributed by atoms with van der Waals surface area (Å²) in [4.78, 5) is 7.60. The number of halogens is 2. The first-order chi connectivity index (χ1) is 9.22. The van der Waals surface area contributed by atoms with Crippen molar-refractivity contribution in [1.82, 2.24) is 9.97 Å². The molecule has 5 heteroatoms. The van der Waals surface area contributed by atoms with Gasteiger partial charge in [-0.2, -0.15) is 8.78 Å². The molecule has 0 aliphatic heterocycles. The van der Waals surface area contributed by atoms with Crippen LogP contribution in [0.5, 0.6) is 5.75 Å². The zero-order chi connectivity index (χ0) is 13.2. The summed E-state index contributed by atoms with van der Waals surface area (Å²) < 4.78 is 28.4. The topological polar surface area (TPSA) is 37.9 Å². The molecule has 1 aromatic heterocycles. The Hall–Kier alpha value is -2.43. The highest BCUT2D eigenvalue weighted by Gasteiger charge is 2.07. The molecule has 96 valence electrons. The van der Waals surface area contributed by atoms with Gasteiger partial charge in [0.1, 0.15) is 11.6 Å². The zero-order valence-electron chi connectivity index (χ0n) is 9.81. The number of imidazole rings is 1.